The van der Waals surface area contributed by atoms with Gasteiger partial charge in [0.1, 0.15) is 5.75 Å². The van der Waals surface area contributed by atoms with Crippen LogP contribution in [0.3, 0.4) is 0 Å². The molecule has 2 rings (SSSR count). The van der Waals surface area contributed by atoms with Gasteiger partial charge in [0.25, 0.3) is 0 Å². The lowest BCUT2D eigenvalue weighted by Crippen LogP contribution is -2.39. The number of amidine groups is 1. The molecule has 1 aliphatic heterocycles. The minimum absolute atomic E-state index is 0.226. The van der Waals surface area contributed by atoms with E-state index in [0.29, 0.717) is 0 Å². The fourth-order valence-electron chi connectivity index (χ4n) is 1.91. The first kappa shape index (κ1) is 14.3. The van der Waals surface area contributed by atoms with E-state index < -0.39 is 0 Å². The summed E-state index contributed by atoms with van der Waals surface area (Å²) < 4.78 is 5.15. The molecule has 0 radical (unpaired) electrons. The van der Waals surface area contributed by atoms with Crippen LogP contribution in [0.15, 0.2) is 29.3 Å². The third kappa shape index (κ3) is 3.90. The van der Waals surface area contributed by atoms with Crippen LogP contribution in [0.5, 0.6) is 5.75 Å². The quantitative estimate of drug-likeness (QED) is 0.898. The molecule has 1 fully saturated rings. The van der Waals surface area contributed by atoms with E-state index in [2.05, 4.69) is 36.3 Å². The Hall–Kier alpha value is -1.16. The minimum atomic E-state index is 0.226. The van der Waals surface area contributed by atoms with Crippen LogP contribution in [0.2, 0.25) is 0 Å². The molecule has 1 aliphatic rings. The van der Waals surface area contributed by atoms with Crippen LogP contribution in [-0.2, 0) is 6.42 Å². The van der Waals surface area contributed by atoms with E-state index in [4.69, 9.17) is 4.74 Å². The van der Waals surface area contributed by atoms with Gasteiger partial charge in [-0.05, 0) is 37.5 Å². The third-order valence-electron chi connectivity index (χ3n) is 3.53. The highest BCUT2D eigenvalue weighted by molar-refractivity contribution is 8.14. The van der Waals surface area contributed by atoms with Crippen LogP contribution in [-0.4, -0.2) is 30.1 Å². The summed E-state index contributed by atoms with van der Waals surface area (Å²) in [7, 11) is 1.69. The van der Waals surface area contributed by atoms with Crippen molar-refractivity contribution in [3.8, 4) is 5.75 Å². The van der Waals surface area contributed by atoms with Gasteiger partial charge in [-0.1, -0.05) is 30.8 Å². The molecular weight excluding hydrogens is 256 g/mol. The average Bonchev–Trinajstić information content (AvgIpc) is 2.82. The SMILES string of the molecule is CCC1(C)CSC(=NCCc2ccc(OC)cc2)N1. The molecule has 0 aromatic heterocycles. The molecule has 104 valence electrons. The van der Waals surface area contributed by atoms with Crippen molar-refractivity contribution in [2.24, 2.45) is 4.99 Å². The lowest BCUT2D eigenvalue weighted by molar-refractivity contribution is 0.414. The molecule has 1 N–H and O–H groups in total. The number of rotatable bonds is 5. The van der Waals surface area contributed by atoms with Crippen molar-refractivity contribution in [1.29, 1.82) is 0 Å². The second-order valence-electron chi connectivity index (χ2n) is 5.11. The molecule has 1 saturated heterocycles. The molecule has 0 spiro atoms. The molecule has 19 heavy (non-hydrogen) atoms. The summed E-state index contributed by atoms with van der Waals surface area (Å²) in [6, 6.07) is 8.20. The normalized spacial score (nSPS) is 24.5. The average molecular weight is 278 g/mol. The fourth-order valence-corrected chi connectivity index (χ4v) is 3.15. The van der Waals surface area contributed by atoms with Crippen molar-refractivity contribution in [3.05, 3.63) is 29.8 Å². The van der Waals surface area contributed by atoms with Crippen LogP contribution in [0.25, 0.3) is 0 Å². The van der Waals surface area contributed by atoms with Crippen molar-refractivity contribution < 1.29 is 4.74 Å². The molecule has 1 heterocycles. The molecule has 1 atom stereocenters. The van der Waals surface area contributed by atoms with Crippen LogP contribution in [0, 0.1) is 0 Å². The molecule has 4 heteroatoms. The zero-order valence-electron chi connectivity index (χ0n) is 11.9. The summed E-state index contributed by atoms with van der Waals surface area (Å²) in [5, 5.41) is 4.61. The molecule has 0 saturated carbocycles. The maximum atomic E-state index is 5.15. The van der Waals surface area contributed by atoms with Gasteiger partial charge in [-0.25, -0.2) is 0 Å². The number of methoxy groups -OCH3 is 1. The molecule has 0 bridgehead atoms. The van der Waals surface area contributed by atoms with Crippen molar-refractivity contribution >= 4 is 16.9 Å². The van der Waals surface area contributed by atoms with Crippen molar-refractivity contribution in [2.75, 3.05) is 19.4 Å². The first-order valence-electron chi connectivity index (χ1n) is 6.73. The van der Waals surface area contributed by atoms with Crippen LogP contribution < -0.4 is 10.1 Å². The maximum absolute atomic E-state index is 5.15. The van der Waals surface area contributed by atoms with Crippen LogP contribution in [0.1, 0.15) is 25.8 Å². The second-order valence-corrected chi connectivity index (χ2v) is 6.08. The molecule has 1 unspecified atom stereocenters. The van der Waals surface area contributed by atoms with E-state index >= 15 is 0 Å². The zero-order chi connectivity index (χ0) is 13.7. The summed E-state index contributed by atoms with van der Waals surface area (Å²) in [5.74, 6) is 2.02. The van der Waals surface area contributed by atoms with Gasteiger partial charge in [-0.2, -0.15) is 0 Å². The lowest BCUT2D eigenvalue weighted by atomic mass is 10.0. The summed E-state index contributed by atoms with van der Waals surface area (Å²) in [4.78, 5) is 4.64. The number of benzene rings is 1. The van der Waals surface area contributed by atoms with Gasteiger partial charge in [0.05, 0.1) is 7.11 Å². The topological polar surface area (TPSA) is 33.6 Å². The van der Waals surface area contributed by atoms with Gasteiger partial charge >= 0.3 is 0 Å². The number of nitrogens with zero attached hydrogens (tertiary/aromatic N) is 1. The van der Waals surface area contributed by atoms with E-state index in [9.17, 15) is 0 Å². The van der Waals surface area contributed by atoms with Gasteiger partial charge in [-0.3, -0.25) is 4.99 Å². The Morgan fingerprint density at radius 2 is 2.11 bits per heavy atom. The standard InChI is InChI=1S/C15H22N2OS/c1-4-15(2)11-19-14(17-15)16-10-9-12-5-7-13(18-3)8-6-12/h5-8H,4,9-11H2,1-3H3,(H,16,17). The monoisotopic (exact) mass is 278 g/mol. The molecule has 0 aliphatic carbocycles. The van der Waals surface area contributed by atoms with E-state index in [0.717, 1.165) is 36.1 Å². The summed E-state index contributed by atoms with van der Waals surface area (Å²) >= 11 is 1.83. The number of nitrogens with one attached hydrogen (secondary N) is 1. The maximum Gasteiger partial charge on any atom is 0.157 e. The van der Waals surface area contributed by atoms with Crippen molar-refractivity contribution in [2.45, 2.75) is 32.2 Å². The van der Waals surface area contributed by atoms with E-state index in [-0.39, 0.29) is 5.54 Å². The number of aliphatic imine (C=N–C) groups is 1. The largest absolute Gasteiger partial charge is 0.497 e. The number of hydrogen-bond donors (Lipinski definition) is 1. The van der Waals surface area contributed by atoms with E-state index in [1.54, 1.807) is 7.11 Å². The predicted octanol–water partition coefficient (Wildman–Crippen LogP) is 3.10. The molecule has 1 aromatic rings. The van der Waals surface area contributed by atoms with Crippen LogP contribution in [0.4, 0.5) is 0 Å². The van der Waals surface area contributed by atoms with Gasteiger partial charge in [0.15, 0.2) is 5.17 Å². The molecule has 0 amide bonds. The zero-order valence-corrected chi connectivity index (χ0v) is 12.7. The first-order chi connectivity index (χ1) is 9.15. The number of hydrogen-bond acceptors (Lipinski definition) is 3. The Labute approximate surface area is 119 Å². The Morgan fingerprint density at radius 3 is 2.68 bits per heavy atom. The highest BCUT2D eigenvalue weighted by Gasteiger charge is 2.30. The fraction of sp³-hybridized carbons (Fsp3) is 0.533. The Kier molecular flexibility index (Phi) is 4.75. The number of thioether (sulfide) groups is 1. The predicted molar refractivity (Wildman–Crippen MR) is 83.3 cm³/mol. The van der Waals surface area contributed by atoms with Gasteiger partial charge in [0, 0.05) is 17.8 Å². The Bertz CT molecular complexity index is 444. The highest BCUT2D eigenvalue weighted by atomic mass is 32.2. The lowest BCUT2D eigenvalue weighted by Gasteiger charge is -2.20. The van der Waals surface area contributed by atoms with E-state index in [1.165, 1.54) is 5.56 Å². The van der Waals surface area contributed by atoms with Gasteiger partial charge in [0.2, 0.25) is 0 Å². The van der Waals surface area contributed by atoms with Crippen molar-refractivity contribution in [3.63, 3.8) is 0 Å². The van der Waals surface area contributed by atoms with Crippen LogP contribution >= 0.6 is 11.8 Å². The number of ether oxygens (including phenoxy) is 1. The Morgan fingerprint density at radius 1 is 1.37 bits per heavy atom. The molecule has 3 nitrogen and oxygen atoms in total. The first-order valence-corrected chi connectivity index (χ1v) is 7.72. The summed E-state index contributed by atoms with van der Waals surface area (Å²) in [6.45, 7) is 5.31. The van der Waals surface area contributed by atoms with Crippen molar-refractivity contribution in [1.82, 2.24) is 5.32 Å². The highest BCUT2D eigenvalue weighted by Crippen LogP contribution is 2.25. The second kappa shape index (κ2) is 6.33. The molecule has 1 aromatic carbocycles. The molecular formula is C15H22N2OS. The van der Waals surface area contributed by atoms with Gasteiger partial charge in [-0.15, -0.1) is 0 Å². The summed E-state index contributed by atoms with van der Waals surface area (Å²) in [5.41, 5.74) is 1.52. The minimum Gasteiger partial charge on any atom is -0.497 e. The Balaban J connectivity index is 1.83. The summed E-state index contributed by atoms with van der Waals surface area (Å²) in [6.07, 6.45) is 2.11. The van der Waals surface area contributed by atoms with Gasteiger partial charge < -0.3 is 10.1 Å². The van der Waals surface area contributed by atoms with E-state index in [1.807, 2.05) is 23.9 Å². The third-order valence-corrected chi connectivity index (χ3v) is 4.82. The smallest absolute Gasteiger partial charge is 0.157 e.